The Morgan fingerprint density at radius 1 is 0.657 bits per heavy atom. The number of amides is 6. The van der Waals surface area contributed by atoms with Crippen molar-refractivity contribution in [2.24, 2.45) is 0 Å². The molecule has 0 atom stereocenters. The first-order valence-corrected chi connectivity index (χ1v) is 22.8. The van der Waals surface area contributed by atoms with E-state index in [1.54, 1.807) is 83.1 Å². The standard InChI is InChI=1S/C49H64N8O13/c1-14-25-65-36(59)27-54(24-23-50-41(60)66-28-34-32-21-17-15-19-30(32)31-20-16-18-22-33(31)34)35(58)26-55-29-51-37-38(55)52-40(57(44(63)69-48(8,9)10)45(64)70-49(11,12)13)53-39(37)56(42(61)67-46(2,3)4)43(62)68-47(5,6)7/h15-22,29,34H,14,23-28H2,1-13H3,(H,50,60). The largest absolute Gasteiger partial charge is 0.464 e. The Kier molecular flexibility index (Phi) is 16.5. The third kappa shape index (κ3) is 14.4. The molecule has 4 aromatic rings. The molecule has 0 aliphatic heterocycles. The van der Waals surface area contributed by atoms with Gasteiger partial charge in [-0.15, -0.1) is 4.90 Å². The van der Waals surface area contributed by atoms with Gasteiger partial charge in [-0.2, -0.15) is 14.9 Å². The van der Waals surface area contributed by atoms with Crippen LogP contribution in [0.15, 0.2) is 54.9 Å². The van der Waals surface area contributed by atoms with Crippen LogP contribution in [0, 0.1) is 0 Å². The fourth-order valence-corrected chi connectivity index (χ4v) is 6.90. The number of fused-ring (bicyclic) bond motifs is 4. The van der Waals surface area contributed by atoms with E-state index in [9.17, 15) is 33.6 Å². The van der Waals surface area contributed by atoms with Crippen LogP contribution in [0.3, 0.4) is 0 Å². The van der Waals surface area contributed by atoms with Crippen molar-refractivity contribution in [2.45, 2.75) is 131 Å². The summed E-state index contributed by atoms with van der Waals surface area (Å²) in [5, 5.41) is 2.66. The van der Waals surface area contributed by atoms with E-state index in [1.165, 1.54) is 4.57 Å². The Hall–Kier alpha value is -7.32. The molecule has 0 fully saturated rings. The number of hydrogen-bond acceptors (Lipinski definition) is 16. The zero-order valence-corrected chi connectivity index (χ0v) is 42.2. The Morgan fingerprint density at radius 2 is 1.14 bits per heavy atom. The van der Waals surface area contributed by atoms with E-state index >= 15 is 0 Å². The normalized spacial score (nSPS) is 12.5. The summed E-state index contributed by atoms with van der Waals surface area (Å²) in [6, 6.07) is 15.8. The van der Waals surface area contributed by atoms with E-state index in [0.29, 0.717) is 16.2 Å². The zero-order chi connectivity index (χ0) is 51.9. The lowest BCUT2D eigenvalue weighted by Crippen LogP contribution is -2.46. The van der Waals surface area contributed by atoms with Crippen LogP contribution in [-0.4, -0.2) is 122 Å². The average molecular weight is 973 g/mol. The summed E-state index contributed by atoms with van der Waals surface area (Å²) < 4.78 is 34.5. The predicted molar refractivity (Wildman–Crippen MR) is 256 cm³/mol. The van der Waals surface area contributed by atoms with Crippen LogP contribution in [0.4, 0.5) is 35.7 Å². The fraction of sp³-hybridized carbons (Fsp3) is 0.510. The van der Waals surface area contributed by atoms with Crippen molar-refractivity contribution >= 4 is 65.3 Å². The summed E-state index contributed by atoms with van der Waals surface area (Å²) in [6.45, 7) is 19.1. The number of carbonyl (C=O) groups excluding carboxylic acids is 7. The quantitative estimate of drug-likeness (QED) is 0.0975. The molecule has 70 heavy (non-hydrogen) atoms. The molecule has 378 valence electrons. The molecule has 0 radical (unpaired) electrons. The molecule has 0 saturated carbocycles. The first-order chi connectivity index (χ1) is 32.6. The second kappa shape index (κ2) is 21.5. The predicted octanol–water partition coefficient (Wildman–Crippen LogP) is 8.50. The lowest BCUT2D eigenvalue weighted by molar-refractivity contribution is -0.149. The Balaban J connectivity index is 1.52. The van der Waals surface area contributed by atoms with Crippen molar-refractivity contribution in [3.63, 3.8) is 0 Å². The molecule has 2 aromatic carbocycles. The van der Waals surface area contributed by atoms with Crippen LogP contribution in [0.25, 0.3) is 22.3 Å². The second-order valence-corrected chi connectivity index (χ2v) is 20.3. The van der Waals surface area contributed by atoms with Crippen molar-refractivity contribution in [1.82, 2.24) is 29.7 Å². The van der Waals surface area contributed by atoms with Gasteiger partial charge >= 0.3 is 36.4 Å². The van der Waals surface area contributed by atoms with Gasteiger partial charge in [0, 0.05) is 19.0 Å². The topological polar surface area (TPSA) is 240 Å². The number of nitrogens with zero attached hydrogens (tertiary/aromatic N) is 7. The Morgan fingerprint density at radius 3 is 1.63 bits per heavy atom. The zero-order valence-electron chi connectivity index (χ0n) is 42.2. The molecule has 0 spiro atoms. The summed E-state index contributed by atoms with van der Waals surface area (Å²) in [7, 11) is 0. The number of imidazole rings is 1. The highest BCUT2D eigenvalue weighted by molar-refractivity contribution is 6.14. The molecule has 0 bridgehead atoms. The lowest BCUT2D eigenvalue weighted by atomic mass is 9.98. The van der Waals surface area contributed by atoms with Gasteiger partial charge in [-0.25, -0.2) is 29.0 Å². The van der Waals surface area contributed by atoms with Crippen LogP contribution in [0.1, 0.15) is 113 Å². The molecule has 0 unspecified atom stereocenters. The molecule has 5 rings (SSSR count). The first-order valence-electron chi connectivity index (χ1n) is 22.8. The number of anilines is 2. The molecule has 21 heteroatoms. The number of imide groups is 2. The van der Waals surface area contributed by atoms with E-state index in [-0.39, 0.29) is 43.4 Å². The number of aromatic nitrogens is 4. The van der Waals surface area contributed by atoms with Gasteiger partial charge in [-0.3, -0.25) is 9.59 Å². The van der Waals surface area contributed by atoms with Crippen LogP contribution in [0.5, 0.6) is 0 Å². The lowest BCUT2D eigenvalue weighted by Gasteiger charge is -2.29. The summed E-state index contributed by atoms with van der Waals surface area (Å²) >= 11 is 0. The summed E-state index contributed by atoms with van der Waals surface area (Å²) in [5.41, 5.74) is -1.06. The average Bonchev–Trinajstić information content (AvgIpc) is 3.77. The highest BCUT2D eigenvalue weighted by Gasteiger charge is 2.40. The SMILES string of the molecule is CCCOC(=O)CN(CCNC(=O)OCC1c2ccccc2-c2ccccc21)C(=O)Cn1cnc2c(N(C(=O)OC(C)(C)C)C(=O)OC(C)(C)C)nc(N(C(=O)OC(C)(C)C)C(=O)OC(C)(C)C)nc21. The fourth-order valence-electron chi connectivity index (χ4n) is 6.90. The van der Waals surface area contributed by atoms with Crippen molar-refractivity contribution < 1.29 is 62.0 Å². The summed E-state index contributed by atoms with van der Waals surface area (Å²) in [6.07, 6.45) is -4.24. The number of ether oxygens (including phenoxy) is 6. The molecular formula is C49H64N8O13. The van der Waals surface area contributed by atoms with Crippen LogP contribution >= 0.6 is 0 Å². The number of rotatable bonds is 13. The highest BCUT2D eigenvalue weighted by Crippen LogP contribution is 2.44. The number of carbonyl (C=O) groups is 7. The van der Waals surface area contributed by atoms with Crippen molar-refractivity contribution in [1.29, 1.82) is 0 Å². The van der Waals surface area contributed by atoms with E-state index < -0.39 is 89.6 Å². The van der Waals surface area contributed by atoms with Gasteiger partial charge < -0.3 is 43.2 Å². The number of benzene rings is 2. The van der Waals surface area contributed by atoms with Gasteiger partial charge in [-0.05, 0) is 112 Å². The first kappa shape index (κ1) is 53.6. The number of hydrogen-bond donors (Lipinski definition) is 1. The van der Waals surface area contributed by atoms with Gasteiger partial charge in [0.1, 0.15) is 42.1 Å². The maximum atomic E-state index is 14.3. The van der Waals surface area contributed by atoms with E-state index in [2.05, 4.69) is 20.3 Å². The summed E-state index contributed by atoms with van der Waals surface area (Å²) in [5.74, 6) is -3.01. The van der Waals surface area contributed by atoms with Crippen molar-refractivity contribution in [3.05, 3.63) is 66.0 Å². The van der Waals surface area contributed by atoms with Crippen molar-refractivity contribution in [2.75, 3.05) is 42.6 Å². The molecule has 1 N–H and O–H groups in total. The van der Waals surface area contributed by atoms with Crippen LogP contribution < -0.4 is 15.1 Å². The van der Waals surface area contributed by atoms with Gasteiger partial charge in [0.05, 0.1) is 12.9 Å². The molecule has 21 nitrogen and oxygen atoms in total. The van der Waals surface area contributed by atoms with Gasteiger partial charge in [-0.1, -0.05) is 55.5 Å². The minimum Gasteiger partial charge on any atom is -0.464 e. The maximum Gasteiger partial charge on any atom is 0.427 e. The monoisotopic (exact) mass is 972 g/mol. The molecule has 0 saturated heterocycles. The van der Waals surface area contributed by atoms with Gasteiger partial charge in [0.2, 0.25) is 11.9 Å². The molecule has 1 aliphatic rings. The second-order valence-electron chi connectivity index (χ2n) is 20.3. The summed E-state index contributed by atoms with van der Waals surface area (Å²) in [4.78, 5) is 112. The van der Waals surface area contributed by atoms with E-state index in [4.69, 9.17) is 28.4 Å². The van der Waals surface area contributed by atoms with Crippen LogP contribution in [0.2, 0.25) is 0 Å². The van der Waals surface area contributed by atoms with E-state index in [1.807, 2.05) is 55.5 Å². The number of alkyl carbamates (subject to hydrolysis) is 1. The molecule has 1 aliphatic carbocycles. The third-order valence-corrected chi connectivity index (χ3v) is 9.59. The smallest absolute Gasteiger partial charge is 0.427 e. The number of esters is 1. The van der Waals surface area contributed by atoms with Crippen molar-refractivity contribution in [3.8, 4) is 11.1 Å². The Bertz CT molecular complexity index is 2500. The van der Waals surface area contributed by atoms with Gasteiger partial charge in [0.25, 0.3) is 0 Å². The maximum absolute atomic E-state index is 14.3. The van der Waals surface area contributed by atoms with Crippen LogP contribution in [-0.2, 0) is 44.6 Å². The number of nitrogens with one attached hydrogen (secondary N) is 1. The molecule has 2 aromatic heterocycles. The Labute approximate surface area is 407 Å². The minimum atomic E-state index is -1.30. The molecular weight excluding hydrogens is 909 g/mol. The van der Waals surface area contributed by atoms with E-state index in [0.717, 1.165) is 33.5 Å². The minimum absolute atomic E-state index is 0.0456. The highest BCUT2D eigenvalue weighted by atomic mass is 16.6. The van der Waals surface area contributed by atoms with Gasteiger partial charge in [0.15, 0.2) is 17.0 Å². The molecule has 2 heterocycles. The molecule has 6 amide bonds. The third-order valence-electron chi connectivity index (χ3n) is 9.59.